The number of aliphatic hydroxyl groups excluding tert-OH is 2. The number of aliphatic hydroxyl groups is 2. The number of aromatic nitrogens is 2. The molecule has 1 rings (SSSR count). The minimum Gasteiger partial charge on any atom is -0.479 e. The van der Waals surface area contributed by atoms with Crippen LogP contribution in [0.15, 0.2) is 6.20 Å². The summed E-state index contributed by atoms with van der Waals surface area (Å²) in [7, 11) is 0. The van der Waals surface area contributed by atoms with E-state index in [-0.39, 0.29) is 5.82 Å². The number of nitrogens with zero attached hydrogens (tertiary/aromatic N) is 2. The fraction of sp³-hybridized carbons (Fsp3) is 0.250. The number of anilines is 1. The predicted octanol–water partition coefficient (Wildman–Crippen LogP) is -1.76. The molecular formula is C8H9N3O6. The van der Waals surface area contributed by atoms with Gasteiger partial charge in [-0.05, 0) is 0 Å². The molecule has 0 bridgehead atoms. The van der Waals surface area contributed by atoms with Gasteiger partial charge in [-0.2, -0.15) is 0 Å². The monoisotopic (exact) mass is 243 g/mol. The number of hydrogen-bond donors (Lipinski definition) is 5. The second kappa shape index (κ2) is 4.72. The number of hydrogen-bond acceptors (Lipinski definition) is 7. The Morgan fingerprint density at radius 3 is 2.35 bits per heavy atom. The van der Waals surface area contributed by atoms with Crippen LogP contribution in [-0.4, -0.2) is 48.4 Å². The third-order valence-corrected chi connectivity index (χ3v) is 1.88. The Balaban J connectivity index is 3.11. The molecule has 0 aliphatic heterocycles. The number of rotatable bonds is 4. The highest BCUT2D eigenvalue weighted by atomic mass is 16.4. The van der Waals surface area contributed by atoms with Crippen molar-refractivity contribution in [3.63, 3.8) is 0 Å². The normalized spacial score (nSPS) is 14.0. The Morgan fingerprint density at radius 2 is 1.88 bits per heavy atom. The van der Waals surface area contributed by atoms with Gasteiger partial charge in [-0.3, -0.25) is 0 Å². The molecule has 0 saturated carbocycles. The lowest BCUT2D eigenvalue weighted by atomic mass is 10.1. The Hall–Kier alpha value is -2.26. The van der Waals surface area contributed by atoms with E-state index in [0.717, 1.165) is 6.20 Å². The van der Waals surface area contributed by atoms with Gasteiger partial charge in [0.1, 0.15) is 6.10 Å². The van der Waals surface area contributed by atoms with Crippen molar-refractivity contribution < 1.29 is 30.0 Å². The topological polar surface area (TPSA) is 167 Å². The smallest absolute Gasteiger partial charge is 0.358 e. The molecule has 2 unspecified atom stereocenters. The van der Waals surface area contributed by atoms with E-state index in [1.807, 2.05) is 0 Å². The van der Waals surface area contributed by atoms with E-state index in [2.05, 4.69) is 9.97 Å². The van der Waals surface area contributed by atoms with Crippen molar-refractivity contribution in [2.45, 2.75) is 12.2 Å². The molecule has 17 heavy (non-hydrogen) atoms. The zero-order valence-corrected chi connectivity index (χ0v) is 8.31. The summed E-state index contributed by atoms with van der Waals surface area (Å²) in [6, 6.07) is 0. The molecule has 1 aromatic heterocycles. The van der Waals surface area contributed by atoms with Gasteiger partial charge in [0.05, 0.1) is 11.9 Å². The van der Waals surface area contributed by atoms with Crippen LogP contribution in [0.25, 0.3) is 0 Å². The zero-order chi connectivity index (χ0) is 13.2. The molecule has 1 heterocycles. The molecule has 0 aliphatic rings. The van der Waals surface area contributed by atoms with Gasteiger partial charge in [0.2, 0.25) is 0 Å². The number of carboxylic acids is 2. The van der Waals surface area contributed by atoms with Crippen molar-refractivity contribution in [3.05, 3.63) is 17.6 Å². The van der Waals surface area contributed by atoms with Crippen molar-refractivity contribution in [2.24, 2.45) is 0 Å². The van der Waals surface area contributed by atoms with Gasteiger partial charge < -0.3 is 26.2 Å². The van der Waals surface area contributed by atoms with Gasteiger partial charge >= 0.3 is 11.9 Å². The quantitative estimate of drug-likeness (QED) is 0.411. The fourth-order valence-electron chi connectivity index (χ4n) is 1.01. The maximum absolute atomic E-state index is 10.7. The highest BCUT2D eigenvalue weighted by Crippen LogP contribution is 2.16. The van der Waals surface area contributed by atoms with Crippen LogP contribution in [0.2, 0.25) is 0 Å². The summed E-state index contributed by atoms with van der Waals surface area (Å²) in [4.78, 5) is 27.9. The van der Waals surface area contributed by atoms with Gasteiger partial charge in [0, 0.05) is 0 Å². The number of nitrogen functional groups attached to an aromatic ring is 1. The lowest BCUT2D eigenvalue weighted by Crippen LogP contribution is -2.28. The number of carboxylic acid groups (broad SMARTS) is 2. The summed E-state index contributed by atoms with van der Waals surface area (Å²) in [5, 5.41) is 35.6. The van der Waals surface area contributed by atoms with E-state index < -0.39 is 35.5 Å². The van der Waals surface area contributed by atoms with Crippen molar-refractivity contribution in [2.75, 3.05) is 5.73 Å². The molecule has 2 atom stereocenters. The van der Waals surface area contributed by atoms with Crippen molar-refractivity contribution in [1.29, 1.82) is 0 Å². The zero-order valence-electron chi connectivity index (χ0n) is 8.31. The summed E-state index contributed by atoms with van der Waals surface area (Å²) >= 11 is 0. The first kappa shape index (κ1) is 12.8. The molecular weight excluding hydrogens is 234 g/mol. The highest BCUT2D eigenvalue weighted by molar-refractivity contribution is 5.90. The van der Waals surface area contributed by atoms with Crippen LogP contribution in [0.1, 0.15) is 22.3 Å². The number of carbonyl (C=O) groups is 2. The van der Waals surface area contributed by atoms with Crippen molar-refractivity contribution in [1.82, 2.24) is 9.97 Å². The number of nitrogens with two attached hydrogens (primary N) is 1. The lowest BCUT2D eigenvalue weighted by Gasteiger charge is -2.13. The summed E-state index contributed by atoms with van der Waals surface area (Å²) in [5.74, 6) is -3.53. The average Bonchev–Trinajstić information content (AvgIpc) is 2.27. The van der Waals surface area contributed by atoms with Crippen molar-refractivity contribution >= 4 is 17.8 Å². The highest BCUT2D eigenvalue weighted by Gasteiger charge is 2.27. The van der Waals surface area contributed by atoms with Crippen LogP contribution in [0, 0.1) is 0 Å². The Bertz CT molecular complexity index is 463. The first-order valence-electron chi connectivity index (χ1n) is 4.29. The third kappa shape index (κ3) is 2.65. The molecule has 0 radical (unpaired) electrons. The van der Waals surface area contributed by atoms with Crippen molar-refractivity contribution in [3.8, 4) is 0 Å². The van der Waals surface area contributed by atoms with Gasteiger partial charge in [0.25, 0.3) is 0 Å². The van der Waals surface area contributed by atoms with Gasteiger partial charge in [-0.1, -0.05) is 0 Å². The third-order valence-electron chi connectivity index (χ3n) is 1.88. The standard InChI is InChI=1S/C8H9N3O6/c9-6-3(7(14)15)11-2(1-10-6)4(12)5(13)8(16)17/h1,4-5,12-13H,(H2,9,10)(H,14,15)(H,16,17). The summed E-state index contributed by atoms with van der Waals surface area (Å²) in [6.07, 6.45) is -3.13. The van der Waals surface area contributed by atoms with E-state index in [1.165, 1.54) is 0 Å². The Kier molecular flexibility index (Phi) is 3.55. The summed E-state index contributed by atoms with van der Waals surface area (Å²) in [5.41, 5.74) is 4.19. The van der Waals surface area contributed by atoms with Gasteiger partial charge in [-0.25, -0.2) is 19.6 Å². The molecule has 9 nitrogen and oxygen atoms in total. The van der Waals surface area contributed by atoms with E-state index in [1.54, 1.807) is 0 Å². The van der Waals surface area contributed by atoms with Crippen LogP contribution in [0.3, 0.4) is 0 Å². The molecule has 0 aliphatic carbocycles. The molecule has 0 aromatic carbocycles. The largest absolute Gasteiger partial charge is 0.479 e. The predicted molar refractivity (Wildman–Crippen MR) is 52.0 cm³/mol. The SMILES string of the molecule is Nc1ncc(C(O)C(O)C(=O)O)nc1C(=O)O. The van der Waals surface area contributed by atoms with Gasteiger partial charge in [-0.15, -0.1) is 0 Å². The summed E-state index contributed by atoms with van der Waals surface area (Å²) < 4.78 is 0. The molecule has 1 aromatic rings. The second-order valence-electron chi connectivity index (χ2n) is 3.06. The molecule has 92 valence electrons. The summed E-state index contributed by atoms with van der Waals surface area (Å²) in [6.45, 7) is 0. The second-order valence-corrected chi connectivity index (χ2v) is 3.06. The number of aliphatic carboxylic acids is 1. The van der Waals surface area contributed by atoms with E-state index in [4.69, 9.17) is 21.1 Å². The van der Waals surface area contributed by atoms with Crippen LogP contribution in [0.4, 0.5) is 5.82 Å². The fourth-order valence-corrected chi connectivity index (χ4v) is 1.01. The average molecular weight is 243 g/mol. The van der Waals surface area contributed by atoms with E-state index >= 15 is 0 Å². The molecule has 9 heteroatoms. The molecule has 0 saturated heterocycles. The minimum atomic E-state index is -2.13. The van der Waals surface area contributed by atoms with Crippen LogP contribution in [0.5, 0.6) is 0 Å². The maximum Gasteiger partial charge on any atom is 0.358 e. The molecule has 0 spiro atoms. The lowest BCUT2D eigenvalue weighted by molar-refractivity contribution is -0.153. The maximum atomic E-state index is 10.7. The van der Waals surface area contributed by atoms with Crippen LogP contribution in [-0.2, 0) is 4.79 Å². The van der Waals surface area contributed by atoms with Crippen LogP contribution >= 0.6 is 0 Å². The number of aromatic carboxylic acids is 1. The van der Waals surface area contributed by atoms with Crippen LogP contribution < -0.4 is 5.73 Å². The Morgan fingerprint density at radius 1 is 1.29 bits per heavy atom. The molecule has 0 amide bonds. The molecule has 0 fully saturated rings. The first-order chi connectivity index (χ1) is 7.84. The Labute approximate surface area is 94.2 Å². The minimum absolute atomic E-state index is 0.377. The first-order valence-corrected chi connectivity index (χ1v) is 4.29. The van der Waals surface area contributed by atoms with E-state index in [9.17, 15) is 14.7 Å². The van der Waals surface area contributed by atoms with Gasteiger partial charge in [0.15, 0.2) is 17.6 Å². The molecule has 6 N–H and O–H groups in total. The van der Waals surface area contributed by atoms with E-state index in [0.29, 0.717) is 0 Å².